The largest absolute Gasteiger partial charge is 0.330 e. The Bertz CT molecular complexity index is 778. The maximum absolute atomic E-state index is 5.79. The molecule has 3 rings (SSSR count). The van der Waals surface area contributed by atoms with E-state index in [1.54, 1.807) is 23.7 Å². The minimum absolute atomic E-state index is 0.635. The molecule has 0 fully saturated rings. The van der Waals surface area contributed by atoms with Gasteiger partial charge in [0, 0.05) is 28.4 Å². The summed E-state index contributed by atoms with van der Waals surface area (Å²) >= 11 is 1.73. The first-order valence-electron chi connectivity index (χ1n) is 7.37. The van der Waals surface area contributed by atoms with Gasteiger partial charge in [-0.1, -0.05) is 23.8 Å². The van der Waals surface area contributed by atoms with Gasteiger partial charge in [-0.25, -0.2) is 4.98 Å². The van der Waals surface area contributed by atoms with Gasteiger partial charge < -0.3 is 5.73 Å². The number of nitrogens with zero attached hydrogens (tertiary/aromatic N) is 2. The van der Waals surface area contributed by atoms with Crippen LogP contribution in [0.4, 0.5) is 0 Å². The Kier molecular flexibility index (Phi) is 4.32. The van der Waals surface area contributed by atoms with Gasteiger partial charge in [0.15, 0.2) is 0 Å². The van der Waals surface area contributed by atoms with E-state index in [9.17, 15) is 0 Å². The van der Waals surface area contributed by atoms with Crippen LogP contribution < -0.4 is 5.73 Å². The number of hydrogen-bond donors (Lipinski definition) is 1. The average molecular weight is 309 g/mol. The molecule has 2 heterocycles. The average Bonchev–Trinajstić information content (AvgIpc) is 2.92. The molecule has 0 spiro atoms. The van der Waals surface area contributed by atoms with Gasteiger partial charge in [-0.2, -0.15) is 0 Å². The van der Waals surface area contributed by atoms with Gasteiger partial charge in [0.25, 0.3) is 0 Å². The predicted octanol–water partition coefficient (Wildman–Crippen LogP) is 3.99. The zero-order valence-corrected chi connectivity index (χ0v) is 13.7. The van der Waals surface area contributed by atoms with E-state index in [1.165, 1.54) is 21.6 Å². The highest BCUT2D eigenvalue weighted by molar-refractivity contribution is 7.15. The highest BCUT2D eigenvalue weighted by Gasteiger charge is 2.15. The standard InChI is InChI=1S/C18H19N3S/c1-12-3-4-15(13(2)11-12)17-16(5-8-19)22-18(21-17)14-6-9-20-10-7-14/h3-4,6-7,9-11H,5,8,19H2,1-2H3. The number of pyridine rings is 1. The van der Waals surface area contributed by atoms with Crippen molar-refractivity contribution in [3.8, 4) is 21.8 Å². The molecule has 1 aromatic carbocycles. The van der Waals surface area contributed by atoms with E-state index in [1.807, 2.05) is 12.1 Å². The molecular weight excluding hydrogens is 290 g/mol. The van der Waals surface area contributed by atoms with Crippen LogP contribution in [0.2, 0.25) is 0 Å². The molecule has 0 saturated heterocycles. The lowest BCUT2D eigenvalue weighted by molar-refractivity contribution is 0.985. The summed E-state index contributed by atoms with van der Waals surface area (Å²) in [6.07, 6.45) is 4.46. The Labute approximate surface area is 134 Å². The van der Waals surface area contributed by atoms with E-state index in [2.05, 4.69) is 37.0 Å². The van der Waals surface area contributed by atoms with Gasteiger partial charge in [-0.05, 0) is 44.5 Å². The number of benzene rings is 1. The summed E-state index contributed by atoms with van der Waals surface area (Å²) in [6, 6.07) is 10.5. The molecule has 0 aliphatic carbocycles. The highest BCUT2D eigenvalue weighted by atomic mass is 32.1. The maximum Gasteiger partial charge on any atom is 0.124 e. The Balaban J connectivity index is 2.12. The minimum Gasteiger partial charge on any atom is -0.330 e. The van der Waals surface area contributed by atoms with E-state index in [-0.39, 0.29) is 0 Å². The van der Waals surface area contributed by atoms with Crippen molar-refractivity contribution in [1.82, 2.24) is 9.97 Å². The van der Waals surface area contributed by atoms with E-state index in [4.69, 9.17) is 10.7 Å². The predicted molar refractivity (Wildman–Crippen MR) is 93.0 cm³/mol. The van der Waals surface area contributed by atoms with Gasteiger partial charge in [-0.3, -0.25) is 4.98 Å². The quantitative estimate of drug-likeness (QED) is 0.793. The first-order valence-corrected chi connectivity index (χ1v) is 8.18. The molecule has 112 valence electrons. The fraction of sp³-hybridized carbons (Fsp3) is 0.222. The van der Waals surface area contributed by atoms with Crippen molar-refractivity contribution in [3.05, 3.63) is 58.7 Å². The molecular formula is C18H19N3S. The smallest absolute Gasteiger partial charge is 0.124 e. The Morgan fingerprint density at radius 2 is 1.86 bits per heavy atom. The first-order chi connectivity index (χ1) is 10.7. The van der Waals surface area contributed by atoms with Crippen LogP contribution in [0.25, 0.3) is 21.8 Å². The molecule has 0 bridgehead atoms. The Hall–Kier alpha value is -2.04. The lowest BCUT2D eigenvalue weighted by Crippen LogP contribution is -2.02. The molecule has 22 heavy (non-hydrogen) atoms. The van der Waals surface area contributed by atoms with Crippen molar-refractivity contribution in [3.63, 3.8) is 0 Å². The summed E-state index contributed by atoms with van der Waals surface area (Å²) in [4.78, 5) is 10.2. The van der Waals surface area contributed by atoms with Gasteiger partial charge in [0.2, 0.25) is 0 Å². The molecule has 0 aliphatic heterocycles. The fourth-order valence-corrected chi connectivity index (χ4v) is 3.66. The zero-order chi connectivity index (χ0) is 15.5. The van der Waals surface area contributed by atoms with Crippen molar-refractivity contribution >= 4 is 11.3 Å². The van der Waals surface area contributed by atoms with Crippen LogP contribution in [-0.2, 0) is 6.42 Å². The highest BCUT2D eigenvalue weighted by Crippen LogP contribution is 2.35. The summed E-state index contributed by atoms with van der Waals surface area (Å²) < 4.78 is 0. The zero-order valence-electron chi connectivity index (χ0n) is 12.8. The van der Waals surface area contributed by atoms with Crippen LogP contribution in [0, 0.1) is 13.8 Å². The molecule has 0 radical (unpaired) electrons. The van der Waals surface area contributed by atoms with Gasteiger partial charge in [0.1, 0.15) is 5.01 Å². The third-order valence-corrected chi connectivity index (χ3v) is 4.80. The summed E-state index contributed by atoms with van der Waals surface area (Å²) in [5.74, 6) is 0. The van der Waals surface area contributed by atoms with Crippen molar-refractivity contribution in [1.29, 1.82) is 0 Å². The van der Waals surface area contributed by atoms with Crippen LogP contribution in [0.1, 0.15) is 16.0 Å². The van der Waals surface area contributed by atoms with Crippen LogP contribution in [0.3, 0.4) is 0 Å². The minimum atomic E-state index is 0.635. The number of rotatable bonds is 4. The first kappa shape index (κ1) is 14.9. The van der Waals surface area contributed by atoms with Crippen LogP contribution >= 0.6 is 11.3 Å². The molecule has 0 amide bonds. The van der Waals surface area contributed by atoms with E-state index in [0.717, 1.165) is 22.7 Å². The molecule has 2 N–H and O–H groups in total. The number of aryl methyl sites for hydroxylation is 2. The van der Waals surface area contributed by atoms with E-state index in [0.29, 0.717) is 6.54 Å². The number of hydrogen-bond acceptors (Lipinski definition) is 4. The van der Waals surface area contributed by atoms with Gasteiger partial charge in [-0.15, -0.1) is 11.3 Å². The number of nitrogens with two attached hydrogens (primary N) is 1. The molecule has 2 aromatic heterocycles. The second kappa shape index (κ2) is 6.38. The topological polar surface area (TPSA) is 51.8 Å². The van der Waals surface area contributed by atoms with Gasteiger partial charge >= 0.3 is 0 Å². The summed E-state index contributed by atoms with van der Waals surface area (Å²) in [7, 11) is 0. The van der Waals surface area contributed by atoms with Gasteiger partial charge in [0.05, 0.1) is 5.69 Å². The van der Waals surface area contributed by atoms with Crippen LogP contribution in [-0.4, -0.2) is 16.5 Å². The molecule has 3 nitrogen and oxygen atoms in total. The lowest BCUT2D eigenvalue weighted by atomic mass is 10.0. The number of thiazole rings is 1. The second-order valence-corrected chi connectivity index (χ2v) is 6.47. The Morgan fingerprint density at radius 3 is 2.55 bits per heavy atom. The monoisotopic (exact) mass is 309 g/mol. The Morgan fingerprint density at radius 1 is 1.09 bits per heavy atom. The summed E-state index contributed by atoms with van der Waals surface area (Å²) in [5.41, 5.74) is 11.7. The summed E-state index contributed by atoms with van der Waals surface area (Å²) in [5, 5.41) is 1.03. The third kappa shape index (κ3) is 2.93. The van der Waals surface area contributed by atoms with Crippen molar-refractivity contribution in [2.45, 2.75) is 20.3 Å². The fourth-order valence-electron chi connectivity index (χ4n) is 2.56. The van der Waals surface area contributed by atoms with Crippen LogP contribution in [0.5, 0.6) is 0 Å². The van der Waals surface area contributed by atoms with Crippen molar-refractivity contribution in [2.24, 2.45) is 5.73 Å². The lowest BCUT2D eigenvalue weighted by Gasteiger charge is -2.06. The molecule has 0 saturated carbocycles. The SMILES string of the molecule is Cc1ccc(-c2nc(-c3ccncc3)sc2CCN)c(C)c1. The van der Waals surface area contributed by atoms with Crippen molar-refractivity contribution < 1.29 is 0 Å². The molecule has 3 aromatic rings. The molecule has 0 unspecified atom stereocenters. The summed E-state index contributed by atoms with van der Waals surface area (Å²) in [6.45, 7) is 4.89. The van der Waals surface area contributed by atoms with E-state index < -0.39 is 0 Å². The van der Waals surface area contributed by atoms with E-state index >= 15 is 0 Å². The molecule has 4 heteroatoms. The molecule has 0 atom stereocenters. The second-order valence-electron chi connectivity index (χ2n) is 5.38. The molecule has 0 aliphatic rings. The number of aromatic nitrogens is 2. The third-order valence-electron chi connectivity index (χ3n) is 3.63. The maximum atomic E-state index is 5.79. The van der Waals surface area contributed by atoms with Crippen LogP contribution in [0.15, 0.2) is 42.7 Å². The normalized spacial score (nSPS) is 10.9. The van der Waals surface area contributed by atoms with Crippen molar-refractivity contribution in [2.75, 3.05) is 6.54 Å².